The molecule has 1 aliphatic carbocycles. The Balaban J connectivity index is 2.29. The minimum atomic E-state index is 0.340. The van der Waals surface area contributed by atoms with Crippen LogP contribution in [0.1, 0.15) is 44.7 Å². The summed E-state index contributed by atoms with van der Waals surface area (Å²) in [7, 11) is 0. The van der Waals surface area contributed by atoms with Crippen molar-refractivity contribution in [2.45, 2.75) is 40.0 Å². The maximum atomic E-state index is 6.16. The van der Waals surface area contributed by atoms with Crippen molar-refractivity contribution in [3.8, 4) is 0 Å². The minimum Gasteiger partial charge on any atom is -0.398 e. The van der Waals surface area contributed by atoms with Crippen LogP contribution in [-0.4, -0.2) is 0 Å². The molecule has 1 heteroatoms. The van der Waals surface area contributed by atoms with Gasteiger partial charge in [0.1, 0.15) is 0 Å². The monoisotopic (exact) mass is 241 g/mol. The Morgan fingerprint density at radius 2 is 1.78 bits per heavy atom. The van der Waals surface area contributed by atoms with E-state index in [1.54, 1.807) is 0 Å². The third kappa shape index (κ3) is 3.25. The van der Waals surface area contributed by atoms with Crippen LogP contribution in [0.2, 0.25) is 0 Å². The molecule has 0 spiro atoms. The van der Waals surface area contributed by atoms with E-state index < -0.39 is 0 Å². The molecule has 0 unspecified atom stereocenters. The van der Waals surface area contributed by atoms with Crippen molar-refractivity contribution < 1.29 is 0 Å². The first-order valence-corrected chi connectivity index (χ1v) is 6.69. The van der Waals surface area contributed by atoms with E-state index in [4.69, 9.17) is 5.73 Å². The number of hydrogen-bond acceptors (Lipinski definition) is 1. The molecular formula is C17H23N. The molecule has 1 aromatic carbocycles. The molecule has 1 aliphatic rings. The second kappa shape index (κ2) is 5.01. The Bertz CT molecular complexity index is 487. The van der Waals surface area contributed by atoms with Crippen LogP contribution in [-0.2, 0) is 6.42 Å². The molecule has 0 atom stereocenters. The zero-order valence-corrected chi connectivity index (χ0v) is 11.7. The molecule has 0 heterocycles. The first-order valence-electron chi connectivity index (χ1n) is 6.69. The van der Waals surface area contributed by atoms with Crippen LogP contribution in [0.25, 0.3) is 5.70 Å². The van der Waals surface area contributed by atoms with Crippen LogP contribution in [0.5, 0.6) is 0 Å². The molecule has 0 radical (unpaired) electrons. The highest BCUT2D eigenvalue weighted by Crippen LogP contribution is 2.29. The number of rotatable bonds is 1. The summed E-state index contributed by atoms with van der Waals surface area (Å²) in [5.41, 5.74) is 11.4. The first kappa shape index (κ1) is 12.9. The molecule has 0 amide bonds. The van der Waals surface area contributed by atoms with Crippen LogP contribution in [0.3, 0.4) is 0 Å². The fraction of sp³-hybridized carbons (Fsp3) is 0.412. The van der Waals surface area contributed by atoms with Gasteiger partial charge in [0, 0.05) is 11.3 Å². The highest BCUT2D eigenvalue weighted by molar-refractivity contribution is 5.67. The second-order valence-electron chi connectivity index (χ2n) is 6.34. The van der Waals surface area contributed by atoms with Gasteiger partial charge >= 0.3 is 0 Å². The van der Waals surface area contributed by atoms with Gasteiger partial charge in [0.2, 0.25) is 0 Å². The van der Waals surface area contributed by atoms with Gasteiger partial charge in [-0.2, -0.15) is 0 Å². The Labute approximate surface area is 110 Å². The average Bonchev–Trinajstić information content (AvgIpc) is 2.29. The van der Waals surface area contributed by atoms with Gasteiger partial charge in [-0.15, -0.1) is 0 Å². The third-order valence-electron chi connectivity index (χ3n) is 3.30. The summed E-state index contributed by atoms with van der Waals surface area (Å²) < 4.78 is 0. The molecule has 96 valence electrons. The summed E-state index contributed by atoms with van der Waals surface area (Å²) in [6.07, 6.45) is 7.65. The minimum absolute atomic E-state index is 0.340. The molecule has 0 aliphatic heterocycles. The molecule has 0 saturated carbocycles. The molecule has 2 N–H and O–H groups in total. The first-order chi connectivity index (χ1) is 8.46. The number of hydrogen-bond donors (Lipinski definition) is 1. The van der Waals surface area contributed by atoms with Gasteiger partial charge in [0.15, 0.2) is 0 Å². The maximum absolute atomic E-state index is 6.16. The molecule has 0 fully saturated rings. The van der Waals surface area contributed by atoms with Gasteiger partial charge in [0.25, 0.3) is 0 Å². The SMILES string of the molecule is CC(C)(C)C/C1=C/C=C(\N)c2ccccc2CC1. The van der Waals surface area contributed by atoms with Crippen molar-refractivity contribution >= 4 is 5.70 Å². The zero-order valence-electron chi connectivity index (χ0n) is 11.7. The maximum Gasteiger partial charge on any atom is 0.0390 e. The van der Waals surface area contributed by atoms with Crippen molar-refractivity contribution in [3.63, 3.8) is 0 Å². The molecule has 18 heavy (non-hydrogen) atoms. The Hall–Kier alpha value is -1.50. The van der Waals surface area contributed by atoms with E-state index in [1.807, 2.05) is 0 Å². The van der Waals surface area contributed by atoms with Gasteiger partial charge in [0.05, 0.1) is 0 Å². The normalized spacial score (nSPS) is 21.9. The van der Waals surface area contributed by atoms with E-state index in [0.29, 0.717) is 5.41 Å². The van der Waals surface area contributed by atoms with Crippen LogP contribution < -0.4 is 5.73 Å². The lowest BCUT2D eigenvalue weighted by atomic mass is 9.84. The topological polar surface area (TPSA) is 26.0 Å². The van der Waals surface area contributed by atoms with Crippen LogP contribution in [0.4, 0.5) is 0 Å². The molecule has 0 bridgehead atoms. The van der Waals surface area contributed by atoms with Crippen molar-refractivity contribution in [1.82, 2.24) is 0 Å². The highest BCUT2D eigenvalue weighted by Gasteiger charge is 2.15. The van der Waals surface area contributed by atoms with E-state index in [2.05, 4.69) is 57.2 Å². The van der Waals surface area contributed by atoms with Gasteiger partial charge < -0.3 is 5.73 Å². The lowest BCUT2D eigenvalue weighted by Crippen LogP contribution is -2.09. The predicted octanol–water partition coefficient (Wildman–Crippen LogP) is 4.30. The number of allylic oxidation sites excluding steroid dienone is 3. The third-order valence-corrected chi connectivity index (χ3v) is 3.30. The molecule has 2 rings (SSSR count). The standard InChI is InChI=1S/C17H23N/c1-17(2,3)12-13-8-10-14-6-4-5-7-15(14)16(18)11-9-13/h4-7,9,11H,8,10,12,18H2,1-3H3/b13-9+,16-11-. The second-order valence-corrected chi connectivity index (χ2v) is 6.34. The number of benzene rings is 1. The summed E-state index contributed by atoms with van der Waals surface area (Å²) in [6, 6.07) is 8.46. The fourth-order valence-electron chi connectivity index (χ4n) is 2.52. The van der Waals surface area contributed by atoms with Gasteiger partial charge in [-0.3, -0.25) is 0 Å². The lowest BCUT2D eigenvalue weighted by Gasteiger charge is -2.22. The highest BCUT2D eigenvalue weighted by atomic mass is 14.6. The summed E-state index contributed by atoms with van der Waals surface area (Å²) in [5.74, 6) is 0. The number of fused-ring (bicyclic) bond motifs is 1. The predicted molar refractivity (Wildman–Crippen MR) is 79.1 cm³/mol. The summed E-state index contributed by atoms with van der Waals surface area (Å²) in [4.78, 5) is 0. The van der Waals surface area contributed by atoms with E-state index in [1.165, 1.54) is 16.7 Å². The van der Waals surface area contributed by atoms with Crippen molar-refractivity contribution in [2.24, 2.45) is 11.1 Å². The molecule has 1 aromatic rings. The summed E-state index contributed by atoms with van der Waals surface area (Å²) >= 11 is 0. The average molecular weight is 241 g/mol. The van der Waals surface area contributed by atoms with E-state index in [-0.39, 0.29) is 0 Å². The number of aryl methyl sites for hydroxylation is 1. The van der Waals surface area contributed by atoms with E-state index in [0.717, 1.165) is 25.0 Å². The largest absolute Gasteiger partial charge is 0.398 e. The summed E-state index contributed by atoms with van der Waals surface area (Å²) in [6.45, 7) is 6.86. The van der Waals surface area contributed by atoms with Crippen molar-refractivity contribution in [2.75, 3.05) is 0 Å². The van der Waals surface area contributed by atoms with Crippen molar-refractivity contribution in [1.29, 1.82) is 0 Å². The van der Waals surface area contributed by atoms with Gasteiger partial charge in [-0.1, -0.05) is 56.7 Å². The van der Waals surface area contributed by atoms with E-state index >= 15 is 0 Å². The lowest BCUT2D eigenvalue weighted by molar-refractivity contribution is 0.404. The quantitative estimate of drug-likeness (QED) is 0.779. The molecule has 1 nitrogen and oxygen atoms in total. The Morgan fingerprint density at radius 1 is 1.06 bits per heavy atom. The van der Waals surface area contributed by atoms with Crippen LogP contribution >= 0.6 is 0 Å². The Morgan fingerprint density at radius 3 is 2.50 bits per heavy atom. The molecular weight excluding hydrogens is 218 g/mol. The summed E-state index contributed by atoms with van der Waals surface area (Å²) in [5, 5.41) is 0. The van der Waals surface area contributed by atoms with Crippen molar-refractivity contribution in [3.05, 3.63) is 53.1 Å². The van der Waals surface area contributed by atoms with Crippen LogP contribution in [0.15, 0.2) is 42.0 Å². The van der Waals surface area contributed by atoms with E-state index in [9.17, 15) is 0 Å². The Kier molecular flexibility index (Phi) is 3.60. The smallest absolute Gasteiger partial charge is 0.0390 e. The molecule has 0 saturated heterocycles. The fourth-order valence-corrected chi connectivity index (χ4v) is 2.52. The molecule has 0 aromatic heterocycles. The number of nitrogens with two attached hydrogens (primary N) is 1. The zero-order chi connectivity index (χ0) is 13.2. The van der Waals surface area contributed by atoms with Crippen LogP contribution in [0, 0.1) is 5.41 Å². The van der Waals surface area contributed by atoms with Gasteiger partial charge in [-0.05, 0) is 36.3 Å². The van der Waals surface area contributed by atoms with Gasteiger partial charge in [-0.25, -0.2) is 0 Å².